The fourth-order valence-corrected chi connectivity index (χ4v) is 5.89. The van der Waals surface area contributed by atoms with Crippen LogP contribution in [0.3, 0.4) is 0 Å². The smallest absolute Gasteiger partial charge is 0.255 e. The molecule has 1 aliphatic heterocycles. The van der Waals surface area contributed by atoms with E-state index in [-0.39, 0.29) is 41.3 Å². The molecular formula is C32H35N3O6S. The Balaban J connectivity index is 1.60. The highest BCUT2D eigenvalue weighted by Crippen LogP contribution is 2.29. The molecule has 42 heavy (non-hydrogen) atoms. The number of nitrogens with one attached hydrogen (secondary N) is 1. The molecule has 0 spiro atoms. The molecule has 1 unspecified atom stereocenters. The topological polar surface area (TPSA) is 130 Å². The molecule has 1 fully saturated rings. The SMILES string of the molecule is C=C[C@H]1C(=O)N(Cc2ccccc2O)C(C)SCN1C(=O)[C@@H](O)[C@H](Cc1ccccc1)NC(=O)c1cccc(O)c1C. The Morgan fingerprint density at radius 1 is 1.05 bits per heavy atom. The molecule has 0 radical (unpaired) electrons. The number of para-hydroxylation sites is 1. The zero-order chi connectivity index (χ0) is 30.4. The van der Waals surface area contributed by atoms with Crippen LogP contribution in [0.5, 0.6) is 11.5 Å². The number of carbonyl (C=O) groups is 3. The number of benzene rings is 3. The van der Waals surface area contributed by atoms with Crippen molar-refractivity contribution in [2.75, 3.05) is 5.88 Å². The minimum absolute atomic E-state index is 0.0460. The average Bonchev–Trinajstić information content (AvgIpc) is 3.10. The first kappa shape index (κ1) is 30.7. The number of carbonyl (C=O) groups excluding carboxylic acids is 3. The van der Waals surface area contributed by atoms with E-state index >= 15 is 0 Å². The van der Waals surface area contributed by atoms with Gasteiger partial charge in [0, 0.05) is 16.7 Å². The predicted molar refractivity (Wildman–Crippen MR) is 162 cm³/mol. The first-order chi connectivity index (χ1) is 20.1. The zero-order valence-electron chi connectivity index (χ0n) is 23.5. The number of rotatable bonds is 9. The van der Waals surface area contributed by atoms with E-state index in [0.29, 0.717) is 11.1 Å². The maximum atomic E-state index is 13.9. The number of aliphatic hydroxyl groups is 1. The largest absolute Gasteiger partial charge is 0.508 e. The monoisotopic (exact) mass is 589 g/mol. The van der Waals surface area contributed by atoms with Gasteiger partial charge < -0.3 is 30.4 Å². The highest BCUT2D eigenvalue weighted by Gasteiger charge is 2.41. The van der Waals surface area contributed by atoms with E-state index in [1.807, 2.05) is 37.3 Å². The Morgan fingerprint density at radius 3 is 2.40 bits per heavy atom. The molecule has 1 saturated heterocycles. The molecule has 3 aromatic carbocycles. The Bertz CT molecular complexity index is 1450. The lowest BCUT2D eigenvalue weighted by atomic mass is 9.98. The summed E-state index contributed by atoms with van der Waals surface area (Å²) in [6, 6.07) is 18.3. The highest BCUT2D eigenvalue weighted by atomic mass is 32.2. The van der Waals surface area contributed by atoms with Crippen LogP contribution in [0.2, 0.25) is 0 Å². The van der Waals surface area contributed by atoms with Crippen LogP contribution in [0.4, 0.5) is 0 Å². The maximum Gasteiger partial charge on any atom is 0.255 e. The number of hydrogen-bond donors (Lipinski definition) is 4. The number of phenolic OH excluding ortho intramolecular Hbond substituents is 2. The molecular weight excluding hydrogens is 554 g/mol. The van der Waals surface area contributed by atoms with Gasteiger partial charge in [-0.2, -0.15) is 0 Å². The van der Waals surface area contributed by atoms with Gasteiger partial charge in [0.1, 0.15) is 17.5 Å². The molecule has 4 atom stereocenters. The molecule has 0 saturated carbocycles. The van der Waals surface area contributed by atoms with E-state index in [1.54, 1.807) is 48.2 Å². The molecule has 0 aliphatic carbocycles. The molecule has 4 rings (SSSR count). The lowest BCUT2D eigenvalue weighted by molar-refractivity contribution is -0.148. The summed E-state index contributed by atoms with van der Waals surface area (Å²) in [6.45, 7) is 7.37. The predicted octanol–water partition coefficient (Wildman–Crippen LogP) is 3.57. The first-order valence-electron chi connectivity index (χ1n) is 13.6. The number of nitrogens with zero attached hydrogens (tertiary/aromatic N) is 2. The van der Waals surface area contributed by atoms with Gasteiger partial charge in [0.15, 0.2) is 6.10 Å². The molecule has 1 heterocycles. The summed E-state index contributed by atoms with van der Waals surface area (Å²) in [7, 11) is 0. The minimum atomic E-state index is -1.69. The van der Waals surface area contributed by atoms with E-state index in [1.165, 1.54) is 28.8 Å². The van der Waals surface area contributed by atoms with E-state index in [9.17, 15) is 29.7 Å². The standard InChI is InChI=1S/C32H35N3O6S/c1-4-26-31(40)34(18-23-13-8-9-15-28(23)37)21(3)42-19-35(26)32(41)29(38)25(17-22-11-6-5-7-12-22)33-30(39)24-14-10-16-27(36)20(24)2/h4-16,21,25-26,29,36-38H,1,17-19H2,2-3H3,(H,33,39)/t21?,25-,26-,29-/m0/s1. The summed E-state index contributed by atoms with van der Waals surface area (Å²) < 4.78 is 0. The van der Waals surface area contributed by atoms with Crippen LogP contribution in [-0.4, -0.2) is 72.3 Å². The molecule has 220 valence electrons. The Morgan fingerprint density at radius 2 is 1.71 bits per heavy atom. The molecule has 1 aliphatic rings. The third-order valence-electron chi connectivity index (χ3n) is 7.40. The van der Waals surface area contributed by atoms with Crippen LogP contribution in [0.1, 0.15) is 34.0 Å². The van der Waals surface area contributed by atoms with Crippen molar-refractivity contribution in [3.8, 4) is 11.5 Å². The lowest BCUT2D eigenvalue weighted by Crippen LogP contribution is -2.56. The van der Waals surface area contributed by atoms with Crippen LogP contribution in [-0.2, 0) is 22.6 Å². The van der Waals surface area contributed by atoms with Gasteiger partial charge >= 0.3 is 0 Å². The van der Waals surface area contributed by atoms with Gasteiger partial charge in [0.25, 0.3) is 17.7 Å². The normalized spacial score (nSPS) is 18.6. The second-order valence-electron chi connectivity index (χ2n) is 10.1. The van der Waals surface area contributed by atoms with Crippen LogP contribution in [0.25, 0.3) is 0 Å². The van der Waals surface area contributed by atoms with E-state index in [4.69, 9.17) is 0 Å². The summed E-state index contributed by atoms with van der Waals surface area (Å²) in [5, 5.41) is 34.3. The van der Waals surface area contributed by atoms with Crippen molar-refractivity contribution in [1.82, 2.24) is 15.1 Å². The third kappa shape index (κ3) is 6.78. The third-order valence-corrected chi connectivity index (χ3v) is 8.57. The van der Waals surface area contributed by atoms with Crippen molar-refractivity contribution >= 4 is 29.5 Å². The molecule has 0 aromatic heterocycles. The van der Waals surface area contributed by atoms with Gasteiger partial charge in [0.2, 0.25) is 0 Å². The van der Waals surface area contributed by atoms with Gasteiger partial charge in [0.05, 0.1) is 23.8 Å². The first-order valence-corrected chi connectivity index (χ1v) is 14.6. The van der Waals surface area contributed by atoms with Crippen LogP contribution in [0.15, 0.2) is 85.5 Å². The summed E-state index contributed by atoms with van der Waals surface area (Å²) in [5.41, 5.74) is 1.93. The Labute approximate surface area is 249 Å². The van der Waals surface area contributed by atoms with E-state index < -0.39 is 35.9 Å². The maximum absolute atomic E-state index is 13.9. The van der Waals surface area contributed by atoms with Gasteiger partial charge in [-0.25, -0.2) is 0 Å². The van der Waals surface area contributed by atoms with Crippen molar-refractivity contribution in [3.63, 3.8) is 0 Å². The van der Waals surface area contributed by atoms with Gasteiger partial charge in [-0.1, -0.05) is 60.7 Å². The van der Waals surface area contributed by atoms with Gasteiger partial charge in [-0.15, -0.1) is 18.3 Å². The number of phenols is 2. The van der Waals surface area contributed by atoms with Crippen LogP contribution < -0.4 is 5.32 Å². The molecule has 4 N–H and O–H groups in total. The fourth-order valence-electron chi connectivity index (χ4n) is 4.87. The van der Waals surface area contributed by atoms with Crippen molar-refractivity contribution in [2.45, 2.75) is 50.4 Å². The van der Waals surface area contributed by atoms with Crippen molar-refractivity contribution in [1.29, 1.82) is 0 Å². The molecule has 3 amide bonds. The number of aromatic hydroxyl groups is 2. The average molecular weight is 590 g/mol. The van der Waals surface area contributed by atoms with Crippen molar-refractivity contribution in [3.05, 3.63) is 108 Å². The molecule has 3 aromatic rings. The quantitative estimate of drug-likeness (QED) is 0.281. The fraction of sp³-hybridized carbons (Fsp3) is 0.281. The van der Waals surface area contributed by atoms with Gasteiger partial charge in [-0.05, 0) is 44.0 Å². The second-order valence-corrected chi connectivity index (χ2v) is 11.4. The summed E-state index contributed by atoms with van der Waals surface area (Å²) in [6.07, 6.45) is -0.187. The van der Waals surface area contributed by atoms with E-state index in [0.717, 1.165) is 5.56 Å². The minimum Gasteiger partial charge on any atom is -0.508 e. The molecule has 10 heteroatoms. The molecule has 9 nitrogen and oxygen atoms in total. The number of amides is 3. The van der Waals surface area contributed by atoms with Crippen LogP contribution in [0, 0.1) is 6.92 Å². The van der Waals surface area contributed by atoms with Crippen molar-refractivity contribution in [2.24, 2.45) is 0 Å². The molecule has 0 bridgehead atoms. The number of hydrogen-bond acceptors (Lipinski definition) is 7. The van der Waals surface area contributed by atoms with Gasteiger partial charge in [-0.3, -0.25) is 14.4 Å². The Hall–Kier alpha value is -4.28. The summed E-state index contributed by atoms with van der Waals surface area (Å²) in [4.78, 5) is 43.7. The van der Waals surface area contributed by atoms with E-state index in [2.05, 4.69) is 11.9 Å². The zero-order valence-corrected chi connectivity index (χ0v) is 24.3. The number of thioether (sulfide) groups is 1. The Kier molecular flexibility index (Phi) is 9.92. The second kappa shape index (κ2) is 13.6. The van der Waals surface area contributed by atoms with Crippen LogP contribution >= 0.6 is 11.8 Å². The highest BCUT2D eigenvalue weighted by molar-refractivity contribution is 7.99. The van der Waals surface area contributed by atoms with Crippen molar-refractivity contribution < 1.29 is 29.7 Å². The summed E-state index contributed by atoms with van der Waals surface area (Å²) in [5.74, 6) is -1.58. The summed E-state index contributed by atoms with van der Waals surface area (Å²) >= 11 is 1.33. The number of aliphatic hydroxyl groups excluding tert-OH is 1. The lowest BCUT2D eigenvalue weighted by Gasteiger charge is -2.32.